The van der Waals surface area contributed by atoms with Crippen LogP contribution in [0.2, 0.25) is 0 Å². The van der Waals surface area contributed by atoms with Crippen LogP contribution in [0.3, 0.4) is 0 Å². The summed E-state index contributed by atoms with van der Waals surface area (Å²) in [6, 6.07) is 10.1. The number of nitrogens with zero attached hydrogens (tertiary/aromatic N) is 1. The van der Waals surface area contributed by atoms with E-state index in [9.17, 15) is 5.11 Å². The Labute approximate surface area is 182 Å². The zero-order valence-electron chi connectivity index (χ0n) is 19.0. The molecule has 6 heteroatoms. The summed E-state index contributed by atoms with van der Waals surface area (Å²) in [6.07, 6.45) is 5.42. The molecule has 0 bridgehead atoms. The second-order valence-corrected chi connectivity index (χ2v) is 8.27. The van der Waals surface area contributed by atoms with E-state index in [-0.39, 0.29) is 18.1 Å². The molecule has 3 N–H and O–H groups in total. The maximum Gasteiger partial charge on any atom is 0.191 e. The lowest BCUT2D eigenvalue weighted by atomic mass is 9.83. The molecule has 1 saturated carbocycles. The molecule has 2 rings (SSSR count). The lowest BCUT2D eigenvalue weighted by Crippen LogP contribution is -2.43. The Morgan fingerprint density at radius 2 is 1.90 bits per heavy atom. The fraction of sp³-hybridized carbons (Fsp3) is 0.708. The molecule has 6 nitrogen and oxygen atoms in total. The van der Waals surface area contributed by atoms with E-state index in [0.717, 1.165) is 44.2 Å². The predicted octanol–water partition coefficient (Wildman–Crippen LogP) is 3.67. The summed E-state index contributed by atoms with van der Waals surface area (Å²) < 4.78 is 11.4. The van der Waals surface area contributed by atoms with Crippen molar-refractivity contribution in [1.82, 2.24) is 10.6 Å². The molecule has 1 aromatic carbocycles. The highest BCUT2D eigenvalue weighted by atomic mass is 16.5. The van der Waals surface area contributed by atoms with Crippen molar-refractivity contribution >= 4 is 5.96 Å². The summed E-state index contributed by atoms with van der Waals surface area (Å²) in [4.78, 5) is 4.85. The van der Waals surface area contributed by atoms with Crippen molar-refractivity contribution in [2.75, 3.05) is 39.5 Å². The molecule has 1 fully saturated rings. The molecule has 2 atom stereocenters. The number of aliphatic hydroxyl groups excluding tert-OH is 1. The summed E-state index contributed by atoms with van der Waals surface area (Å²) in [5.74, 6) is 0.760. The Balaban J connectivity index is 1.80. The molecule has 2 unspecified atom stereocenters. The van der Waals surface area contributed by atoms with Gasteiger partial charge in [-0.1, -0.05) is 43.2 Å². The number of rotatable bonds is 13. The fourth-order valence-electron chi connectivity index (χ4n) is 3.98. The molecule has 1 aliphatic rings. The van der Waals surface area contributed by atoms with Gasteiger partial charge in [0, 0.05) is 32.8 Å². The minimum Gasteiger partial charge on any atom is -0.389 e. The molecular formula is C24H41N3O3. The normalized spacial score (nSPS) is 18.2. The van der Waals surface area contributed by atoms with Crippen LogP contribution in [0.5, 0.6) is 0 Å². The average Bonchev–Trinajstić information content (AvgIpc) is 3.24. The van der Waals surface area contributed by atoms with E-state index in [0.29, 0.717) is 6.54 Å². The summed E-state index contributed by atoms with van der Waals surface area (Å²) in [5, 5.41) is 16.9. The van der Waals surface area contributed by atoms with Crippen LogP contribution in [0.1, 0.15) is 64.5 Å². The minimum atomic E-state index is -0.599. The number of hydrogen-bond acceptors (Lipinski definition) is 4. The Morgan fingerprint density at radius 1 is 1.17 bits per heavy atom. The number of benzene rings is 1. The Bertz CT molecular complexity index is 603. The number of nitrogens with one attached hydrogen (secondary N) is 2. The van der Waals surface area contributed by atoms with E-state index < -0.39 is 6.10 Å². The van der Waals surface area contributed by atoms with E-state index >= 15 is 0 Å². The van der Waals surface area contributed by atoms with Gasteiger partial charge in [-0.3, -0.25) is 4.99 Å². The molecule has 0 heterocycles. The van der Waals surface area contributed by atoms with Gasteiger partial charge in [-0.2, -0.15) is 0 Å². The first-order valence-corrected chi connectivity index (χ1v) is 11.5. The Hall–Kier alpha value is -1.63. The van der Waals surface area contributed by atoms with E-state index in [2.05, 4.69) is 17.6 Å². The first kappa shape index (κ1) is 24.6. The first-order valence-electron chi connectivity index (χ1n) is 11.5. The number of guanidine groups is 1. The van der Waals surface area contributed by atoms with Gasteiger partial charge in [0.05, 0.1) is 18.8 Å². The smallest absolute Gasteiger partial charge is 0.191 e. The van der Waals surface area contributed by atoms with Gasteiger partial charge >= 0.3 is 0 Å². The van der Waals surface area contributed by atoms with Gasteiger partial charge in [-0.15, -0.1) is 0 Å². The molecule has 0 aliphatic heterocycles. The molecule has 170 valence electrons. The average molecular weight is 420 g/mol. The number of aliphatic hydroxyl groups is 1. The van der Waals surface area contributed by atoms with Crippen molar-refractivity contribution in [3.05, 3.63) is 35.9 Å². The van der Waals surface area contributed by atoms with E-state index in [4.69, 9.17) is 14.5 Å². The van der Waals surface area contributed by atoms with Crippen LogP contribution in [0, 0.1) is 5.41 Å². The van der Waals surface area contributed by atoms with E-state index in [1.165, 1.54) is 25.7 Å². The molecule has 0 amide bonds. The zero-order chi connectivity index (χ0) is 21.7. The third kappa shape index (κ3) is 8.62. The van der Waals surface area contributed by atoms with Gasteiger partial charge in [0.25, 0.3) is 0 Å². The lowest BCUT2D eigenvalue weighted by Gasteiger charge is -2.27. The molecule has 0 spiro atoms. The van der Waals surface area contributed by atoms with Crippen LogP contribution in [0.25, 0.3) is 0 Å². The van der Waals surface area contributed by atoms with Crippen molar-refractivity contribution in [3.8, 4) is 0 Å². The monoisotopic (exact) mass is 419 g/mol. The van der Waals surface area contributed by atoms with Gasteiger partial charge in [0.1, 0.15) is 0 Å². The van der Waals surface area contributed by atoms with Crippen LogP contribution < -0.4 is 10.6 Å². The predicted molar refractivity (Wildman–Crippen MR) is 123 cm³/mol. The molecule has 1 aliphatic carbocycles. The molecule has 0 aromatic heterocycles. The van der Waals surface area contributed by atoms with Gasteiger partial charge < -0.3 is 25.2 Å². The van der Waals surface area contributed by atoms with Crippen LogP contribution in [-0.2, 0) is 9.47 Å². The second kappa shape index (κ2) is 13.6. The lowest BCUT2D eigenvalue weighted by molar-refractivity contribution is -0.000605. The molecule has 30 heavy (non-hydrogen) atoms. The SMILES string of the molecule is CCNC(=NCC1(CCOCC)CCCC1)NCC(O)COC(C)c1ccccc1. The maximum atomic E-state index is 10.3. The third-order valence-corrected chi connectivity index (χ3v) is 5.87. The summed E-state index contributed by atoms with van der Waals surface area (Å²) in [6.45, 7) is 9.95. The topological polar surface area (TPSA) is 75.1 Å². The first-order chi connectivity index (χ1) is 14.6. The van der Waals surface area contributed by atoms with E-state index in [1.54, 1.807) is 0 Å². The third-order valence-electron chi connectivity index (χ3n) is 5.87. The Morgan fingerprint density at radius 3 is 2.57 bits per heavy atom. The molecular weight excluding hydrogens is 378 g/mol. The quantitative estimate of drug-likeness (QED) is 0.258. The van der Waals surface area contributed by atoms with Crippen molar-refractivity contribution in [1.29, 1.82) is 0 Å². The van der Waals surface area contributed by atoms with Crippen molar-refractivity contribution in [2.24, 2.45) is 10.4 Å². The summed E-state index contributed by atoms with van der Waals surface area (Å²) >= 11 is 0. The number of ether oxygens (including phenoxy) is 2. The van der Waals surface area contributed by atoms with Gasteiger partial charge in [0.2, 0.25) is 0 Å². The van der Waals surface area contributed by atoms with Crippen LogP contribution in [0.15, 0.2) is 35.3 Å². The second-order valence-electron chi connectivity index (χ2n) is 8.27. The van der Waals surface area contributed by atoms with E-state index in [1.807, 2.05) is 44.2 Å². The van der Waals surface area contributed by atoms with Crippen LogP contribution in [-0.4, -0.2) is 56.6 Å². The fourth-order valence-corrected chi connectivity index (χ4v) is 3.98. The number of aliphatic imine (C=N–C) groups is 1. The largest absolute Gasteiger partial charge is 0.389 e. The maximum absolute atomic E-state index is 10.3. The molecule has 0 radical (unpaired) electrons. The van der Waals surface area contributed by atoms with Gasteiger partial charge in [0.15, 0.2) is 5.96 Å². The highest BCUT2D eigenvalue weighted by Gasteiger charge is 2.33. The molecule has 0 saturated heterocycles. The summed E-state index contributed by atoms with van der Waals surface area (Å²) in [7, 11) is 0. The summed E-state index contributed by atoms with van der Waals surface area (Å²) in [5.41, 5.74) is 1.37. The standard InChI is InChI=1S/C24H41N3O3/c1-4-25-23(27-19-24(13-9-10-14-24)15-16-29-5-2)26-17-22(28)18-30-20(3)21-11-7-6-8-12-21/h6-8,11-12,20,22,28H,4-5,9-10,13-19H2,1-3H3,(H2,25,26,27). The minimum absolute atomic E-state index is 0.0460. The van der Waals surface area contributed by atoms with Crippen molar-refractivity contribution in [3.63, 3.8) is 0 Å². The van der Waals surface area contributed by atoms with Crippen LogP contribution >= 0.6 is 0 Å². The zero-order valence-corrected chi connectivity index (χ0v) is 19.0. The van der Waals surface area contributed by atoms with Crippen molar-refractivity contribution < 1.29 is 14.6 Å². The van der Waals surface area contributed by atoms with Gasteiger partial charge in [-0.05, 0) is 51.0 Å². The Kier molecular flexibility index (Phi) is 11.2. The highest BCUT2D eigenvalue weighted by Crippen LogP contribution is 2.41. The number of hydrogen-bond donors (Lipinski definition) is 3. The van der Waals surface area contributed by atoms with Crippen LogP contribution in [0.4, 0.5) is 0 Å². The van der Waals surface area contributed by atoms with Gasteiger partial charge in [-0.25, -0.2) is 0 Å². The van der Waals surface area contributed by atoms with Crippen molar-refractivity contribution in [2.45, 2.75) is 65.1 Å². The molecule has 1 aromatic rings. The highest BCUT2D eigenvalue weighted by molar-refractivity contribution is 5.79.